The summed E-state index contributed by atoms with van der Waals surface area (Å²) in [4.78, 5) is 22.7. The van der Waals surface area contributed by atoms with Crippen molar-refractivity contribution < 1.29 is 14.3 Å². The zero-order valence-corrected chi connectivity index (χ0v) is 12.9. The maximum atomic E-state index is 11.7. The highest BCUT2D eigenvalue weighted by atomic mass is 16.6. The van der Waals surface area contributed by atoms with Gasteiger partial charge in [-0.3, -0.25) is 9.59 Å². The first-order chi connectivity index (χ1) is 9.80. The zero-order valence-electron chi connectivity index (χ0n) is 12.9. The summed E-state index contributed by atoms with van der Waals surface area (Å²) >= 11 is 0. The van der Waals surface area contributed by atoms with Gasteiger partial charge in [-0.15, -0.1) is 0 Å². The first-order valence-corrected chi connectivity index (χ1v) is 7.00. The van der Waals surface area contributed by atoms with Crippen molar-refractivity contribution in [3.63, 3.8) is 0 Å². The lowest BCUT2D eigenvalue weighted by molar-refractivity contribution is -0.153. The molecule has 0 aliphatic heterocycles. The summed E-state index contributed by atoms with van der Waals surface area (Å²) in [5, 5.41) is 2.72. The predicted molar refractivity (Wildman–Crippen MR) is 82.9 cm³/mol. The predicted octanol–water partition coefficient (Wildman–Crippen LogP) is 2.42. The number of amides is 1. The van der Waals surface area contributed by atoms with Crippen molar-refractivity contribution in [2.24, 2.45) is 0 Å². The average molecular weight is 289 g/mol. The maximum absolute atomic E-state index is 11.7. The van der Waals surface area contributed by atoms with Crippen molar-refractivity contribution in [1.82, 2.24) is 5.32 Å². The minimum atomic E-state index is -0.458. The van der Waals surface area contributed by atoms with Gasteiger partial charge in [-0.1, -0.05) is 30.8 Å². The van der Waals surface area contributed by atoms with Crippen LogP contribution in [0.3, 0.4) is 0 Å². The minimum absolute atomic E-state index is 0.170. The van der Waals surface area contributed by atoms with E-state index in [0.717, 1.165) is 17.5 Å². The summed E-state index contributed by atoms with van der Waals surface area (Å²) in [7, 11) is 0. The van der Waals surface area contributed by atoms with Gasteiger partial charge in [0.2, 0.25) is 5.91 Å². The molecule has 114 valence electrons. The third kappa shape index (κ3) is 7.30. The molecule has 0 unspecified atom stereocenters. The number of hydrogen-bond acceptors (Lipinski definition) is 3. The van der Waals surface area contributed by atoms with E-state index < -0.39 is 5.60 Å². The molecule has 0 aliphatic carbocycles. The summed E-state index contributed by atoms with van der Waals surface area (Å²) < 4.78 is 5.28. The van der Waals surface area contributed by atoms with Gasteiger partial charge < -0.3 is 10.1 Å². The van der Waals surface area contributed by atoms with Crippen LogP contribution in [0.5, 0.6) is 0 Å². The molecule has 0 fully saturated rings. The third-order valence-corrected chi connectivity index (χ3v) is 2.69. The lowest BCUT2D eigenvalue weighted by atomic mass is 10.1. The number of hydrogen-bond donors (Lipinski definition) is 1. The van der Waals surface area contributed by atoms with Gasteiger partial charge in [-0.05, 0) is 44.4 Å². The Morgan fingerprint density at radius 3 is 2.29 bits per heavy atom. The molecule has 0 bridgehead atoms. The van der Waals surface area contributed by atoms with E-state index in [4.69, 9.17) is 4.74 Å². The Morgan fingerprint density at radius 2 is 1.76 bits per heavy atom. The molecule has 0 saturated heterocycles. The molecule has 0 aliphatic rings. The van der Waals surface area contributed by atoms with E-state index in [1.165, 1.54) is 6.08 Å². The number of rotatable bonds is 6. The number of carbonyl (C=O) groups is 2. The van der Waals surface area contributed by atoms with Crippen LogP contribution >= 0.6 is 0 Å². The number of carbonyl (C=O) groups excluding carboxylic acids is 2. The van der Waals surface area contributed by atoms with Gasteiger partial charge in [-0.25, -0.2) is 0 Å². The van der Waals surface area contributed by atoms with E-state index in [-0.39, 0.29) is 18.3 Å². The molecular weight excluding hydrogens is 266 g/mol. The van der Waals surface area contributed by atoms with Crippen LogP contribution in [-0.4, -0.2) is 24.0 Å². The fourth-order valence-corrected chi connectivity index (χ4v) is 1.77. The second kappa shape index (κ2) is 7.62. The molecule has 21 heavy (non-hydrogen) atoms. The minimum Gasteiger partial charge on any atom is -0.460 e. The first kappa shape index (κ1) is 17.0. The van der Waals surface area contributed by atoms with Gasteiger partial charge in [0.15, 0.2) is 0 Å². The van der Waals surface area contributed by atoms with Gasteiger partial charge in [0.25, 0.3) is 0 Å². The van der Waals surface area contributed by atoms with E-state index in [2.05, 4.69) is 11.9 Å². The van der Waals surface area contributed by atoms with E-state index in [1.807, 2.05) is 45.0 Å². The standard InChI is InChI=1S/C17H23NO3/c1-5-15(19)18-11-10-13-6-8-14(9-7-13)12-16(20)21-17(2,3)4/h5-9H,1,10-12H2,2-4H3,(H,18,19). The molecule has 1 aromatic rings. The van der Waals surface area contributed by atoms with Gasteiger partial charge in [-0.2, -0.15) is 0 Å². The van der Waals surface area contributed by atoms with Crippen molar-refractivity contribution in [2.75, 3.05) is 6.54 Å². The van der Waals surface area contributed by atoms with Crippen LogP contribution in [0.25, 0.3) is 0 Å². The molecule has 1 N–H and O–H groups in total. The second-order valence-electron chi connectivity index (χ2n) is 5.82. The summed E-state index contributed by atoms with van der Waals surface area (Å²) in [6.07, 6.45) is 2.26. The normalized spacial score (nSPS) is 10.8. The molecule has 0 heterocycles. The Labute approximate surface area is 126 Å². The SMILES string of the molecule is C=CC(=O)NCCc1ccc(CC(=O)OC(C)(C)C)cc1. The third-order valence-electron chi connectivity index (χ3n) is 2.69. The molecule has 0 radical (unpaired) electrons. The molecule has 1 amide bonds. The van der Waals surface area contributed by atoms with Crippen LogP contribution in [0.4, 0.5) is 0 Å². The van der Waals surface area contributed by atoms with Crippen LogP contribution in [0.2, 0.25) is 0 Å². The average Bonchev–Trinajstić information content (AvgIpc) is 2.38. The fraction of sp³-hybridized carbons (Fsp3) is 0.412. The van der Waals surface area contributed by atoms with Crippen molar-refractivity contribution in [3.8, 4) is 0 Å². The molecule has 4 heteroatoms. The second-order valence-corrected chi connectivity index (χ2v) is 5.82. The summed E-state index contributed by atoms with van der Waals surface area (Å²) in [6.45, 7) is 9.52. The summed E-state index contributed by atoms with van der Waals surface area (Å²) in [6, 6.07) is 7.74. The van der Waals surface area contributed by atoms with Crippen LogP contribution in [0.15, 0.2) is 36.9 Å². The van der Waals surface area contributed by atoms with Crippen LogP contribution < -0.4 is 5.32 Å². The molecular formula is C17H23NO3. The quantitative estimate of drug-likeness (QED) is 0.646. The number of esters is 1. The summed E-state index contributed by atoms with van der Waals surface area (Å²) in [5.41, 5.74) is 1.57. The highest BCUT2D eigenvalue weighted by Crippen LogP contribution is 2.11. The van der Waals surface area contributed by atoms with Gasteiger partial charge in [0.1, 0.15) is 5.60 Å². The Hall–Kier alpha value is -2.10. The van der Waals surface area contributed by atoms with Crippen LogP contribution in [-0.2, 0) is 27.2 Å². The number of nitrogens with one attached hydrogen (secondary N) is 1. The van der Waals surface area contributed by atoms with E-state index >= 15 is 0 Å². The maximum Gasteiger partial charge on any atom is 0.310 e. The molecule has 4 nitrogen and oxygen atoms in total. The Bertz CT molecular complexity index is 498. The van der Waals surface area contributed by atoms with Crippen molar-refractivity contribution >= 4 is 11.9 Å². The van der Waals surface area contributed by atoms with Crippen molar-refractivity contribution in [2.45, 2.75) is 39.2 Å². The van der Waals surface area contributed by atoms with Crippen molar-refractivity contribution in [1.29, 1.82) is 0 Å². The Morgan fingerprint density at radius 1 is 1.19 bits per heavy atom. The van der Waals surface area contributed by atoms with E-state index in [9.17, 15) is 9.59 Å². The van der Waals surface area contributed by atoms with Gasteiger partial charge >= 0.3 is 5.97 Å². The topological polar surface area (TPSA) is 55.4 Å². The lowest BCUT2D eigenvalue weighted by Gasteiger charge is -2.19. The highest BCUT2D eigenvalue weighted by molar-refractivity contribution is 5.86. The monoisotopic (exact) mass is 289 g/mol. The molecule has 1 rings (SSSR count). The van der Waals surface area contributed by atoms with Gasteiger partial charge in [0.05, 0.1) is 6.42 Å². The van der Waals surface area contributed by atoms with Crippen molar-refractivity contribution in [3.05, 3.63) is 48.0 Å². The molecule has 0 spiro atoms. The number of ether oxygens (including phenoxy) is 1. The molecule has 0 aromatic heterocycles. The smallest absolute Gasteiger partial charge is 0.310 e. The lowest BCUT2D eigenvalue weighted by Crippen LogP contribution is -2.25. The molecule has 0 saturated carbocycles. The summed E-state index contributed by atoms with van der Waals surface area (Å²) in [5.74, 6) is -0.398. The van der Waals surface area contributed by atoms with Crippen LogP contribution in [0, 0.1) is 0 Å². The van der Waals surface area contributed by atoms with E-state index in [0.29, 0.717) is 6.54 Å². The molecule has 0 atom stereocenters. The Balaban J connectivity index is 2.45. The molecule has 1 aromatic carbocycles. The zero-order chi connectivity index (χ0) is 15.9. The van der Waals surface area contributed by atoms with Crippen LogP contribution in [0.1, 0.15) is 31.9 Å². The largest absolute Gasteiger partial charge is 0.460 e. The van der Waals surface area contributed by atoms with Gasteiger partial charge in [0, 0.05) is 6.54 Å². The Kier molecular flexibility index (Phi) is 6.15. The first-order valence-electron chi connectivity index (χ1n) is 7.00. The van der Waals surface area contributed by atoms with E-state index in [1.54, 1.807) is 0 Å². The highest BCUT2D eigenvalue weighted by Gasteiger charge is 2.16. The fourth-order valence-electron chi connectivity index (χ4n) is 1.77. The number of benzene rings is 1.